The Labute approximate surface area is 202 Å². The fourth-order valence-electron chi connectivity index (χ4n) is 2.96. The van der Waals surface area contributed by atoms with Crippen LogP contribution >= 0.6 is 23.4 Å². The maximum absolute atomic E-state index is 13.1. The normalized spacial score (nSPS) is 11.5. The molecule has 2 aromatic carbocycles. The van der Waals surface area contributed by atoms with Gasteiger partial charge in [0.1, 0.15) is 11.8 Å². The van der Waals surface area contributed by atoms with E-state index in [2.05, 4.69) is 20.6 Å². The van der Waals surface area contributed by atoms with Gasteiger partial charge in [0, 0.05) is 17.9 Å². The van der Waals surface area contributed by atoms with Gasteiger partial charge in [-0.2, -0.15) is 0 Å². The number of benzene rings is 2. The summed E-state index contributed by atoms with van der Waals surface area (Å²) in [5.41, 5.74) is 1.53. The highest BCUT2D eigenvalue weighted by molar-refractivity contribution is 7.99. The Hall–Kier alpha value is -3.10. The Balaban J connectivity index is 1.80. The third-order valence-corrected chi connectivity index (χ3v) is 5.98. The molecule has 9 heteroatoms. The summed E-state index contributed by atoms with van der Waals surface area (Å²) in [6.07, 6.45) is 2.66. The number of thioether (sulfide) groups is 1. The summed E-state index contributed by atoms with van der Waals surface area (Å²) < 4.78 is 5.15. The van der Waals surface area contributed by atoms with Crippen LogP contribution in [-0.4, -0.2) is 40.7 Å². The molecular weight excluding hydrogens is 460 g/mol. The fraction of sp³-hybridized carbons (Fsp3) is 0.250. The second kappa shape index (κ2) is 12.2. The van der Waals surface area contributed by atoms with E-state index in [1.54, 1.807) is 31.4 Å². The largest absolute Gasteiger partial charge is 0.497 e. The number of rotatable bonds is 10. The van der Waals surface area contributed by atoms with Gasteiger partial charge in [-0.3, -0.25) is 9.59 Å². The van der Waals surface area contributed by atoms with Crippen molar-refractivity contribution in [1.82, 2.24) is 15.3 Å². The van der Waals surface area contributed by atoms with E-state index in [1.165, 1.54) is 18.0 Å². The lowest BCUT2D eigenvalue weighted by Crippen LogP contribution is -2.45. The van der Waals surface area contributed by atoms with E-state index in [4.69, 9.17) is 16.3 Å². The summed E-state index contributed by atoms with van der Waals surface area (Å²) in [6, 6.07) is 15.6. The molecule has 3 aromatic rings. The Morgan fingerprint density at radius 2 is 1.85 bits per heavy atom. The lowest BCUT2D eigenvalue weighted by molar-refractivity contribution is -0.118. The quantitative estimate of drug-likeness (QED) is 0.322. The van der Waals surface area contributed by atoms with E-state index < -0.39 is 11.9 Å². The van der Waals surface area contributed by atoms with Crippen LogP contribution in [0.4, 0.5) is 5.69 Å². The summed E-state index contributed by atoms with van der Waals surface area (Å²) in [5.74, 6) is 0.607. The number of nitrogens with one attached hydrogen (secondary N) is 2. The number of methoxy groups -OCH3 is 1. The number of hydrogen-bond donors (Lipinski definition) is 2. The summed E-state index contributed by atoms with van der Waals surface area (Å²) in [7, 11) is 1.57. The Bertz CT molecular complexity index is 1080. The Morgan fingerprint density at radius 1 is 1.12 bits per heavy atom. The number of ether oxygens (including phenoxy) is 1. The van der Waals surface area contributed by atoms with Gasteiger partial charge in [-0.15, -0.1) is 0 Å². The molecule has 172 valence electrons. The first-order valence-electron chi connectivity index (χ1n) is 10.4. The molecule has 0 spiro atoms. The number of carbonyl (C=O) groups is 2. The third-order valence-electron chi connectivity index (χ3n) is 4.63. The molecule has 1 heterocycles. The van der Waals surface area contributed by atoms with Crippen LogP contribution in [0.3, 0.4) is 0 Å². The average Bonchev–Trinajstić information content (AvgIpc) is 2.84. The van der Waals surface area contributed by atoms with E-state index in [0.717, 1.165) is 17.7 Å². The van der Waals surface area contributed by atoms with E-state index in [9.17, 15) is 9.59 Å². The first-order chi connectivity index (χ1) is 16.0. The number of halogens is 1. The molecule has 0 aliphatic heterocycles. The molecule has 0 aliphatic rings. The van der Waals surface area contributed by atoms with Gasteiger partial charge in [0.15, 0.2) is 10.9 Å². The highest BCUT2D eigenvalue weighted by Crippen LogP contribution is 2.20. The second-order valence-corrected chi connectivity index (χ2v) is 8.60. The van der Waals surface area contributed by atoms with Crippen molar-refractivity contribution in [1.29, 1.82) is 0 Å². The molecule has 2 N–H and O–H groups in total. The fourth-order valence-corrected chi connectivity index (χ4v) is 3.81. The highest BCUT2D eigenvalue weighted by Gasteiger charge is 2.24. The van der Waals surface area contributed by atoms with Crippen molar-refractivity contribution in [2.45, 2.75) is 31.0 Å². The van der Waals surface area contributed by atoms with Gasteiger partial charge in [0.05, 0.1) is 18.3 Å². The molecule has 33 heavy (non-hydrogen) atoms. The maximum Gasteiger partial charge on any atom is 0.272 e. The van der Waals surface area contributed by atoms with Gasteiger partial charge in [0.25, 0.3) is 5.91 Å². The van der Waals surface area contributed by atoms with Crippen LogP contribution < -0.4 is 15.4 Å². The summed E-state index contributed by atoms with van der Waals surface area (Å²) in [4.78, 5) is 34.6. The van der Waals surface area contributed by atoms with Crippen LogP contribution in [0, 0.1) is 0 Å². The molecule has 0 saturated heterocycles. The van der Waals surface area contributed by atoms with Crippen molar-refractivity contribution in [2.75, 3.05) is 18.2 Å². The number of carbonyl (C=O) groups excluding carboxylic acids is 2. The summed E-state index contributed by atoms with van der Waals surface area (Å²) in [6.45, 7) is 2.05. The van der Waals surface area contributed by atoms with E-state index in [-0.39, 0.29) is 16.6 Å². The predicted octanol–water partition coefficient (Wildman–Crippen LogP) is 4.62. The van der Waals surface area contributed by atoms with Crippen LogP contribution in [0.15, 0.2) is 66.0 Å². The van der Waals surface area contributed by atoms with E-state index in [0.29, 0.717) is 23.0 Å². The second-order valence-electron chi connectivity index (χ2n) is 7.13. The molecule has 7 nitrogen and oxygen atoms in total. The topological polar surface area (TPSA) is 93.2 Å². The standard InChI is InChI=1S/C24H25ClN4O3S/c1-3-13-33-24-26-15-19(25)21(29-24)23(31)28-20(14-16-7-5-4-6-8-16)22(30)27-17-9-11-18(32-2)12-10-17/h4-12,15,20H,3,13-14H2,1-2H3,(H,27,30)(H,28,31)/t20-/m1/s1. The maximum atomic E-state index is 13.1. The SMILES string of the molecule is CCCSc1ncc(Cl)c(C(=O)N[C@H](Cc2ccccc2)C(=O)Nc2ccc(OC)cc2)n1. The van der Waals surface area contributed by atoms with Crippen molar-refractivity contribution >= 4 is 40.9 Å². The minimum Gasteiger partial charge on any atom is -0.497 e. The van der Waals surface area contributed by atoms with Gasteiger partial charge in [-0.25, -0.2) is 9.97 Å². The molecule has 3 rings (SSSR count). The molecule has 0 bridgehead atoms. The molecule has 0 saturated carbocycles. The van der Waals surface area contributed by atoms with Crippen molar-refractivity contribution in [3.8, 4) is 5.75 Å². The first-order valence-corrected chi connectivity index (χ1v) is 11.8. The molecule has 0 unspecified atom stereocenters. The number of hydrogen-bond acceptors (Lipinski definition) is 6. The zero-order valence-electron chi connectivity index (χ0n) is 18.4. The van der Waals surface area contributed by atoms with Crippen molar-refractivity contribution in [2.24, 2.45) is 0 Å². The number of amides is 2. The zero-order chi connectivity index (χ0) is 23.6. The molecule has 2 amide bonds. The zero-order valence-corrected chi connectivity index (χ0v) is 19.9. The van der Waals surface area contributed by atoms with Crippen molar-refractivity contribution < 1.29 is 14.3 Å². The number of nitrogens with zero attached hydrogens (tertiary/aromatic N) is 2. The first kappa shape index (κ1) is 24.5. The number of aromatic nitrogens is 2. The van der Waals surface area contributed by atoms with Gasteiger partial charge < -0.3 is 15.4 Å². The molecule has 0 aliphatic carbocycles. The van der Waals surface area contributed by atoms with Crippen molar-refractivity contribution in [3.05, 3.63) is 77.1 Å². The molecular formula is C24H25ClN4O3S. The lowest BCUT2D eigenvalue weighted by atomic mass is 10.0. The molecule has 0 radical (unpaired) electrons. The molecule has 1 atom stereocenters. The van der Waals surface area contributed by atoms with Gasteiger partial charge >= 0.3 is 0 Å². The predicted molar refractivity (Wildman–Crippen MR) is 131 cm³/mol. The minimum absolute atomic E-state index is 0.0422. The van der Waals surface area contributed by atoms with Crippen molar-refractivity contribution in [3.63, 3.8) is 0 Å². The van der Waals surface area contributed by atoms with Gasteiger partial charge in [0.2, 0.25) is 5.91 Å². The number of anilines is 1. The van der Waals surface area contributed by atoms with Gasteiger partial charge in [-0.1, -0.05) is 60.6 Å². The molecule has 0 fully saturated rings. The minimum atomic E-state index is -0.847. The lowest BCUT2D eigenvalue weighted by Gasteiger charge is -2.19. The van der Waals surface area contributed by atoms with Gasteiger partial charge in [-0.05, 0) is 36.2 Å². The van der Waals surface area contributed by atoms with E-state index >= 15 is 0 Å². The molecule has 1 aromatic heterocycles. The Kier molecular flexibility index (Phi) is 9.09. The third kappa shape index (κ3) is 7.20. The highest BCUT2D eigenvalue weighted by atomic mass is 35.5. The smallest absolute Gasteiger partial charge is 0.272 e. The van der Waals surface area contributed by atoms with Crippen LogP contribution in [-0.2, 0) is 11.2 Å². The van der Waals surface area contributed by atoms with Crippen LogP contribution in [0.1, 0.15) is 29.4 Å². The van der Waals surface area contributed by atoms with Crippen LogP contribution in [0.25, 0.3) is 0 Å². The summed E-state index contributed by atoms with van der Waals surface area (Å²) in [5, 5.41) is 6.23. The van der Waals surface area contributed by atoms with Crippen LogP contribution in [0.2, 0.25) is 5.02 Å². The monoisotopic (exact) mass is 484 g/mol. The average molecular weight is 485 g/mol. The summed E-state index contributed by atoms with van der Waals surface area (Å²) >= 11 is 7.64. The Morgan fingerprint density at radius 3 is 2.52 bits per heavy atom. The van der Waals surface area contributed by atoms with Crippen LogP contribution in [0.5, 0.6) is 5.75 Å². The van der Waals surface area contributed by atoms with E-state index in [1.807, 2.05) is 37.3 Å².